The van der Waals surface area contributed by atoms with Crippen molar-refractivity contribution in [3.8, 4) is 5.75 Å². The molecule has 1 amide bonds. The zero-order valence-electron chi connectivity index (χ0n) is 17.4. The maximum atomic E-state index is 14.6. The molecular weight excluding hydrogens is 419 g/mol. The highest BCUT2D eigenvalue weighted by molar-refractivity contribution is 6.31. The van der Waals surface area contributed by atoms with E-state index >= 15 is 0 Å². The van der Waals surface area contributed by atoms with E-state index in [1.165, 1.54) is 12.3 Å². The van der Waals surface area contributed by atoms with Crippen molar-refractivity contribution in [1.82, 2.24) is 9.88 Å². The Morgan fingerprint density at radius 2 is 2.06 bits per heavy atom. The van der Waals surface area contributed by atoms with Crippen molar-refractivity contribution in [3.05, 3.63) is 58.5 Å². The molecule has 4 rings (SSSR count). The number of likely N-dealkylation sites (tertiary alicyclic amines) is 1. The summed E-state index contributed by atoms with van der Waals surface area (Å²) in [4.78, 5) is 18.8. The van der Waals surface area contributed by atoms with Crippen molar-refractivity contribution in [3.63, 3.8) is 0 Å². The monoisotopic (exact) mass is 442 g/mol. The molecule has 1 fully saturated rings. The van der Waals surface area contributed by atoms with Crippen LogP contribution >= 0.6 is 11.6 Å². The molecule has 1 saturated heterocycles. The summed E-state index contributed by atoms with van der Waals surface area (Å²) in [5.41, 5.74) is 7.99. The lowest BCUT2D eigenvalue weighted by Crippen LogP contribution is -2.29. The van der Waals surface area contributed by atoms with Crippen LogP contribution in [0.15, 0.2) is 36.5 Å². The van der Waals surface area contributed by atoms with E-state index in [4.69, 9.17) is 22.1 Å². The first-order valence-electron chi connectivity index (χ1n) is 10.1. The summed E-state index contributed by atoms with van der Waals surface area (Å²) < 4.78 is 20.3. The number of carbonyl (C=O) groups is 1. The summed E-state index contributed by atoms with van der Waals surface area (Å²) in [6.45, 7) is 1.98. The van der Waals surface area contributed by atoms with Crippen LogP contribution in [0.25, 0.3) is 10.9 Å². The standard InChI is InChI=1S/C23H24ClFN4O2/c1-29-8-6-13(7-9-29)14-10-15-19(11-20(14)31-2)27-12-16(23(26)30)22(15)28-18-5-3-4-17(24)21(18)25/h3-5,10-13H,6-9H2,1-2H3,(H2,26,30)(H,27,28). The van der Waals surface area contributed by atoms with Crippen LogP contribution in [-0.2, 0) is 0 Å². The van der Waals surface area contributed by atoms with E-state index < -0.39 is 11.7 Å². The number of rotatable bonds is 5. The molecule has 0 aliphatic carbocycles. The van der Waals surface area contributed by atoms with Gasteiger partial charge in [0.05, 0.1) is 34.6 Å². The number of pyridine rings is 1. The Balaban J connectivity index is 1.89. The molecule has 0 unspecified atom stereocenters. The molecule has 0 spiro atoms. The Morgan fingerprint density at radius 1 is 1.32 bits per heavy atom. The quantitative estimate of drug-likeness (QED) is 0.599. The van der Waals surface area contributed by atoms with E-state index in [2.05, 4.69) is 22.2 Å². The second-order valence-corrected chi connectivity index (χ2v) is 8.23. The molecule has 1 aliphatic rings. The second-order valence-electron chi connectivity index (χ2n) is 7.83. The van der Waals surface area contributed by atoms with Gasteiger partial charge in [-0.1, -0.05) is 17.7 Å². The van der Waals surface area contributed by atoms with Gasteiger partial charge in [0.1, 0.15) is 5.75 Å². The van der Waals surface area contributed by atoms with Gasteiger partial charge >= 0.3 is 0 Å². The molecule has 31 heavy (non-hydrogen) atoms. The Hall–Kier alpha value is -2.90. The van der Waals surface area contributed by atoms with Crippen LogP contribution in [0.3, 0.4) is 0 Å². The van der Waals surface area contributed by atoms with Crippen LogP contribution in [-0.4, -0.2) is 43.0 Å². The normalized spacial score (nSPS) is 15.2. The fourth-order valence-corrected chi connectivity index (χ4v) is 4.28. The topological polar surface area (TPSA) is 80.5 Å². The van der Waals surface area contributed by atoms with E-state index in [1.54, 1.807) is 19.2 Å². The summed E-state index contributed by atoms with van der Waals surface area (Å²) in [6, 6.07) is 8.49. The first-order valence-corrected chi connectivity index (χ1v) is 10.5. The van der Waals surface area contributed by atoms with E-state index in [1.807, 2.05) is 12.1 Å². The lowest BCUT2D eigenvalue weighted by molar-refractivity contribution is 0.100. The number of ether oxygens (including phenoxy) is 1. The second kappa shape index (κ2) is 8.69. The predicted molar refractivity (Wildman–Crippen MR) is 121 cm³/mol. The maximum absolute atomic E-state index is 14.6. The number of primary amides is 1. The molecule has 1 aliphatic heterocycles. The third-order valence-electron chi connectivity index (χ3n) is 5.85. The number of anilines is 2. The van der Waals surface area contributed by atoms with Gasteiger partial charge in [-0.2, -0.15) is 0 Å². The van der Waals surface area contributed by atoms with Gasteiger partial charge in [0, 0.05) is 17.6 Å². The molecule has 2 heterocycles. The van der Waals surface area contributed by atoms with Crippen LogP contribution in [0.1, 0.15) is 34.7 Å². The van der Waals surface area contributed by atoms with Gasteiger partial charge in [0.25, 0.3) is 5.91 Å². The number of benzene rings is 2. The number of carbonyl (C=O) groups excluding carboxylic acids is 1. The number of fused-ring (bicyclic) bond motifs is 1. The molecule has 8 heteroatoms. The lowest BCUT2D eigenvalue weighted by atomic mass is 9.87. The Morgan fingerprint density at radius 3 is 2.74 bits per heavy atom. The molecule has 2 aromatic carbocycles. The molecule has 162 valence electrons. The number of amides is 1. The maximum Gasteiger partial charge on any atom is 0.252 e. The lowest BCUT2D eigenvalue weighted by Gasteiger charge is -2.30. The number of nitrogens with zero attached hydrogens (tertiary/aromatic N) is 2. The van der Waals surface area contributed by atoms with Gasteiger partial charge in [-0.25, -0.2) is 4.39 Å². The minimum Gasteiger partial charge on any atom is -0.496 e. The molecule has 3 N–H and O–H groups in total. The first-order chi connectivity index (χ1) is 14.9. The number of halogens is 2. The summed E-state index contributed by atoms with van der Waals surface area (Å²) >= 11 is 5.94. The largest absolute Gasteiger partial charge is 0.496 e. The van der Waals surface area contributed by atoms with E-state index in [9.17, 15) is 9.18 Å². The average Bonchev–Trinajstić information content (AvgIpc) is 2.76. The highest BCUT2D eigenvalue weighted by atomic mass is 35.5. The molecule has 3 aromatic rings. The average molecular weight is 443 g/mol. The number of nitrogens with two attached hydrogens (primary N) is 1. The SMILES string of the molecule is COc1cc2ncc(C(N)=O)c(Nc3cccc(Cl)c3F)c2cc1C1CCN(C)CC1. The predicted octanol–water partition coefficient (Wildman–Crippen LogP) is 4.69. The molecular formula is C23H24ClFN4O2. The zero-order valence-corrected chi connectivity index (χ0v) is 18.2. The van der Waals surface area contributed by atoms with Gasteiger partial charge in [-0.05, 0) is 62.7 Å². The number of aromatic nitrogens is 1. The molecule has 0 saturated carbocycles. The Labute approximate surface area is 185 Å². The van der Waals surface area contributed by atoms with Gasteiger partial charge in [-0.15, -0.1) is 0 Å². The smallest absolute Gasteiger partial charge is 0.252 e. The minimum absolute atomic E-state index is 0.0160. The van der Waals surface area contributed by atoms with Crippen molar-refractivity contribution in [2.75, 3.05) is 32.6 Å². The number of nitrogens with one attached hydrogen (secondary N) is 1. The van der Waals surface area contributed by atoms with Crippen molar-refractivity contribution in [2.24, 2.45) is 5.73 Å². The summed E-state index contributed by atoms with van der Waals surface area (Å²) in [5.74, 6) is -0.200. The van der Waals surface area contributed by atoms with Gasteiger partial charge in [-0.3, -0.25) is 9.78 Å². The highest BCUT2D eigenvalue weighted by Gasteiger charge is 2.24. The highest BCUT2D eigenvalue weighted by Crippen LogP contribution is 2.40. The van der Waals surface area contributed by atoms with E-state index in [0.29, 0.717) is 22.5 Å². The van der Waals surface area contributed by atoms with Crippen LogP contribution in [0.2, 0.25) is 5.02 Å². The minimum atomic E-state index is -0.656. The van der Waals surface area contributed by atoms with Crippen LogP contribution in [0.5, 0.6) is 5.75 Å². The van der Waals surface area contributed by atoms with Crippen molar-refractivity contribution < 1.29 is 13.9 Å². The zero-order chi connectivity index (χ0) is 22.1. The van der Waals surface area contributed by atoms with Crippen LogP contribution in [0.4, 0.5) is 15.8 Å². The van der Waals surface area contributed by atoms with Crippen molar-refractivity contribution >= 4 is 39.8 Å². The van der Waals surface area contributed by atoms with Crippen LogP contribution in [0, 0.1) is 5.82 Å². The fraction of sp³-hybridized carbons (Fsp3) is 0.304. The summed E-state index contributed by atoms with van der Waals surface area (Å²) in [6.07, 6.45) is 3.38. The first kappa shape index (κ1) is 21.3. The van der Waals surface area contributed by atoms with E-state index in [-0.39, 0.29) is 16.3 Å². The number of hydrogen-bond acceptors (Lipinski definition) is 5. The Kier molecular flexibility index (Phi) is 5.98. The van der Waals surface area contributed by atoms with Crippen LogP contribution < -0.4 is 15.8 Å². The Bertz CT molecular complexity index is 1150. The van der Waals surface area contributed by atoms with Crippen molar-refractivity contribution in [1.29, 1.82) is 0 Å². The van der Waals surface area contributed by atoms with Crippen molar-refractivity contribution in [2.45, 2.75) is 18.8 Å². The third kappa shape index (κ3) is 4.16. The molecule has 0 radical (unpaired) electrons. The van der Waals surface area contributed by atoms with Gasteiger partial charge in [0.15, 0.2) is 5.82 Å². The molecule has 0 bridgehead atoms. The number of methoxy groups -OCH3 is 1. The number of piperidine rings is 1. The number of hydrogen-bond donors (Lipinski definition) is 2. The van der Waals surface area contributed by atoms with E-state index in [0.717, 1.165) is 37.2 Å². The third-order valence-corrected chi connectivity index (χ3v) is 6.15. The fourth-order valence-electron chi connectivity index (χ4n) is 4.11. The molecule has 6 nitrogen and oxygen atoms in total. The summed E-state index contributed by atoms with van der Waals surface area (Å²) in [5, 5.41) is 3.69. The molecule has 1 aromatic heterocycles. The summed E-state index contributed by atoms with van der Waals surface area (Å²) in [7, 11) is 3.75. The van der Waals surface area contributed by atoms with Gasteiger partial charge in [0.2, 0.25) is 0 Å². The van der Waals surface area contributed by atoms with Gasteiger partial charge < -0.3 is 20.7 Å². The molecule has 0 atom stereocenters.